The maximum atomic E-state index is 13.6. The third-order valence-electron chi connectivity index (χ3n) is 3.91. The minimum absolute atomic E-state index is 0.0255. The molecule has 4 heteroatoms. The van der Waals surface area contributed by atoms with Gasteiger partial charge in [-0.1, -0.05) is 13.0 Å². The second-order valence-electron chi connectivity index (χ2n) is 5.36. The van der Waals surface area contributed by atoms with Crippen LogP contribution in [0.3, 0.4) is 0 Å². The maximum Gasteiger partial charge on any atom is 0.270 e. The largest absolute Gasteiger partial charge is 0.350 e. The molecule has 1 aromatic carbocycles. The monoisotopic (exact) mass is 260 g/mol. The van der Waals surface area contributed by atoms with Crippen LogP contribution in [0.2, 0.25) is 0 Å². The minimum atomic E-state index is -0.292. The van der Waals surface area contributed by atoms with E-state index in [-0.39, 0.29) is 11.7 Å². The minimum Gasteiger partial charge on any atom is -0.350 e. The summed E-state index contributed by atoms with van der Waals surface area (Å²) >= 11 is 0. The van der Waals surface area contributed by atoms with Crippen molar-refractivity contribution in [2.75, 3.05) is 13.1 Å². The third-order valence-corrected chi connectivity index (χ3v) is 3.91. The summed E-state index contributed by atoms with van der Waals surface area (Å²) in [5.41, 5.74) is 1.16. The second kappa shape index (κ2) is 4.68. The number of aromatic amines is 1. The summed E-state index contributed by atoms with van der Waals surface area (Å²) < 4.78 is 13.6. The number of H-pyrrole nitrogens is 1. The van der Waals surface area contributed by atoms with Crippen LogP contribution in [0, 0.1) is 11.7 Å². The molecule has 0 unspecified atom stereocenters. The lowest BCUT2D eigenvalue weighted by atomic mass is 9.99. The fourth-order valence-corrected chi connectivity index (χ4v) is 2.62. The first-order valence-electron chi connectivity index (χ1n) is 6.71. The van der Waals surface area contributed by atoms with E-state index in [1.165, 1.54) is 6.07 Å². The van der Waals surface area contributed by atoms with Gasteiger partial charge in [-0.25, -0.2) is 4.39 Å². The highest BCUT2D eigenvalue weighted by molar-refractivity contribution is 5.98. The fraction of sp³-hybridized carbons (Fsp3) is 0.400. The molecule has 3 nitrogen and oxygen atoms in total. The molecule has 1 aliphatic heterocycles. The highest BCUT2D eigenvalue weighted by Crippen LogP contribution is 2.22. The van der Waals surface area contributed by atoms with E-state index in [9.17, 15) is 9.18 Å². The van der Waals surface area contributed by atoms with E-state index in [4.69, 9.17) is 0 Å². The number of nitrogens with one attached hydrogen (secondary N) is 1. The van der Waals surface area contributed by atoms with Crippen molar-refractivity contribution < 1.29 is 9.18 Å². The highest BCUT2D eigenvalue weighted by atomic mass is 19.1. The number of aromatic nitrogens is 1. The lowest BCUT2D eigenvalue weighted by Gasteiger charge is -2.29. The number of amides is 1. The average Bonchev–Trinajstić information content (AvgIpc) is 2.84. The molecule has 1 saturated heterocycles. The van der Waals surface area contributed by atoms with Gasteiger partial charge in [-0.05, 0) is 37.0 Å². The maximum absolute atomic E-state index is 13.6. The first kappa shape index (κ1) is 12.2. The van der Waals surface area contributed by atoms with Gasteiger partial charge in [-0.3, -0.25) is 4.79 Å². The molecule has 0 radical (unpaired) electrons. The van der Waals surface area contributed by atoms with E-state index in [1.54, 1.807) is 18.2 Å². The molecule has 1 aromatic heterocycles. The summed E-state index contributed by atoms with van der Waals surface area (Å²) in [5, 5.41) is 0.483. The zero-order chi connectivity index (χ0) is 13.4. The Labute approximate surface area is 111 Å². The molecule has 1 N–H and O–H groups in total. The zero-order valence-electron chi connectivity index (χ0n) is 10.9. The molecule has 0 atom stereocenters. The van der Waals surface area contributed by atoms with Gasteiger partial charge in [-0.15, -0.1) is 0 Å². The van der Waals surface area contributed by atoms with E-state index >= 15 is 0 Å². The van der Waals surface area contributed by atoms with Crippen LogP contribution in [0.1, 0.15) is 30.3 Å². The van der Waals surface area contributed by atoms with Gasteiger partial charge in [0.2, 0.25) is 0 Å². The van der Waals surface area contributed by atoms with Crippen LogP contribution in [0.4, 0.5) is 4.39 Å². The van der Waals surface area contributed by atoms with Crippen LogP contribution in [0.15, 0.2) is 24.3 Å². The number of piperidine rings is 1. The number of likely N-dealkylation sites (tertiary alicyclic amines) is 1. The van der Waals surface area contributed by atoms with Crippen LogP contribution in [0.25, 0.3) is 10.9 Å². The number of hydrogen-bond acceptors (Lipinski definition) is 1. The normalized spacial score (nSPS) is 17.1. The molecule has 0 aliphatic carbocycles. The summed E-state index contributed by atoms with van der Waals surface area (Å²) in [6.07, 6.45) is 2.08. The van der Waals surface area contributed by atoms with Gasteiger partial charge in [0.25, 0.3) is 5.91 Å². The van der Waals surface area contributed by atoms with Gasteiger partial charge in [0, 0.05) is 24.0 Å². The van der Waals surface area contributed by atoms with Crippen molar-refractivity contribution in [2.24, 2.45) is 5.92 Å². The molecule has 2 heterocycles. The summed E-state index contributed by atoms with van der Waals surface area (Å²) in [6, 6.07) is 6.45. The highest BCUT2D eigenvalue weighted by Gasteiger charge is 2.22. The third kappa shape index (κ3) is 2.23. The Morgan fingerprint density at radius 3 is 2.79 bits per heavy atom. The lowest BCUT2D eigenvalue weighted by molar-refractivity contribution is 0.0692. The molecule has 0 spiro atoms. The van der Waals surface area contributed by atoms with Crippen molar-refractivity contribution >= 4 is 16.8 Å². The summed E-state index contributed by atoms with van der Waals surface area (Å²) in [4.78, 5) is 17.2. The molecule has 2 aromatic rings. The predicted octanol–water partition coefficient (Wildman–Crippen LogP) is 3.18. The van der Waals surface area contributed by atoms with Crippen LogP contribution in [-0.4, -0.2) is 28.9 Å². The molecular weight excluding hydrogens is 243 g/mol. The standard InChI is InChI=1S/C15H17FN2O/c1-10-5-7-18(8-6-10)15(19)14-9-11-12(16)3-2-4-13(11)17-14/h2-4,9-10,17H,5-8H2,1H3. The summed E-state index contributed by atoms with van der Waals surface area (Å²) in [7, 11) is 0. The molecule has 1 aliphatic rings. The summed E-state index contributed by atoms with van der Waals surface area (Å²) in [5.74, 6) is 0.367. The molecule has 0 bridgehead atoms. The number of carbonyl (C=O) groups is 1. The molecule has 1 amide bonds. The fourth-order valence-electron chi connectivity index (χ4n) is 2.62. The molecule has 1 fully saturated rings. The number of carbonyl (C=O) groups excluding carboxylic acids is 1. The van der Waals surface area contributed by atoms with Crippen molar-refractivity contribution in [3.05, 3.63) is 35.8 Å². The van der Waals surface area contributed by atoms with E-state index in [1.807, 2.05) is 4.90 Å². The number of nitrogens with zero attached hydrogens (tertiary/aromatic N) is 1. The van der Waals surface area contributed by atoms with Crippen LogP contribution in [0.5, 0.6) is 0 Å². The first-order chi connectivity index (χ1) is 9.15. The molecule has 19 heavy (non-hydrogen) atoms. The molecule has 100 valence electrons. The van der Waals surface area contributed by atoms with Gasteiger partial charge in [0.1, 0.15) is 11.5 Å². The lowest BCUT2D eigenvalue weighted by Crippen LogP contribution is -2.38. The smallest absolute Gasteiger partial charge is 0.270 e. The van der Waals surface area contributed by atoms with Gasteiger partial charge in [-0.2, -0.15) is 0 Å². The van der Waals surface area contributed by atoms with Crippen LogP contribution in [-0.2, 0) is 0 Å². The Balaban J connectivity index is 1.87. The van der Waals surface area contributed by atoms with Gasteiger partial charge >= 0.3 is 0 Å². The van der Waals surface area contributed by atoms with E-state index in [0.29, 0.717) is 22.5 Å². The molecule has 3 rings (SSSR count). The Morgan fingerprint density at radius 2 is 2.11 bits per heavy atom. The Morgan fingerprint density at radius 1 is 1.37 bits per heavy atom. The Kier molecular flexibility index (Phi) is 3.01. The molecular formula is C15H17FN2O. The van der Waals surface area contributed by atoms with E-state index in [2.05, 4.69) is 11.9 Å². The van der Waals surface area contributed by atoms with Crippen molar-refractivity contribution in [3.63, 3.8) is 0 Å². The quantitative estimate of drug-likeness (QED) is 0.840. The van der Waals surface area contributed by atoms with E-state index < -0.39 is 0 Å². The zero-order valence-corrected chi connectivity index (χ0v) is 10.9. The second-order valence-corrected chi connectivity index (χ2v) is 5.36. The van der Waals surface area contributed by atoms with Gasteiger partial charge in [0.05, 0.1) is 0 Å². The predicted molar refractivity (Wildman–Crippen MR) is 72.6 cm³/mol. The van der Waals surface area contributed by atoms with Crippen molar-refractivity contribution in [1.82, 2.24) is 9.88 Å². The number of fused-ring (bicyclic) bond motifs is 1. The van der Waals surface area contributed by atoms with Crippen LogP contribution >= 0.6 is 0 Å². The number of rotatable bonds is 1. The number of hydrogen-bond donors (Lipinski definition) is 1. The van der Waals surface area contributed by atoms with Crippen molar-refractivity contribution in [2.45, 2.75) is 19.8 Å². The van der Waals surface area contributed by atoms with Crippen molar-refractivity contribution in [1.29, 1.82) is 0 Å². The Bertz CT molecular complexity index is 612. The Hall–Kier alpha value is -1.84. The SMILES string of the molecule is CC1CCN(C(=O)c2cc3c(F)cccc3[nH]2)CC1. The first-order valence-corrected chi connectivity index (χ1v) is 6.71. The van der Waals surface area contributed by atoms with Crippen molar-refractivity contribution in [3.8, 4) is 0 Å². The van der Waals surface area contributed by atoms with E-state index in [0.717, 1.165) is 25.9 Å². The summed E-state index contributed by atoms with van der Waals surface area (Å²) in [6.45, 7) is 3.79. The van der Waals surface area contributed by atoms with Crippen LogP contribution < -0.4 is 0 Å². The van der Waals surface area contributed by atoms with Gasteiger partial charge < -0.3 is 9.88 Å². The topological polar surface area (TPSA) is 36.1 Å². The van der Waals surface area contributed by atoms with Gasteiger partial charge in [0.15, 0.2) is 0 Å². The molecule has 0 saturated carbocycles. The average molecular weight is 260 g/mol. The number of halogens is 1. The number of benzene rings is 1.